The summed E-state index contributed by atoms with van der Waals surface area (Å²) in [6.45, 7) is 5.16. The van der Waals surface area contributed by atoms with Crippen LogP contribution in [0.3, 0.4) is 0 Å². The zero-order valence-electron chi connectivity index (χ0n) is 35.4. The molecule has 16 nitrogen and oxygen atoms in total. The summed E-state index contributed by atoms with van der Waals surface area (Å²) in [4.78, 5) is 83.6. The van der Waals surface area contributed by atoms with Crippen molar-refractivity contribution >= 4 is 35.6 Å². The van der Waals surface area contributed by atoms with E-state index in [-0.39, 0.29) is 35.3 Å². The minimum atomic E-state index is -2.50. The van der Waals surface area contributed by atoms with Gasteiger partial charge in [0.25, 0.3) is 5.91 Å². The zero-order valence-corrected chi connectivity index (χ0v) is 35.4. The highest BCUT2D eigenvalue weighted by Crippen LogP contribution is 2.64. The molecule has 0 radical (unpaired) electrons. The molecule has 2 saturated carbocycles. The van der Waals surface area contributed by atoms with Gasteiger partial charge in [0.15, 0.2) is 23.6 Å². The molecule has 16 heteroatoms. The number of rotatable bonds is 11. The van der Waals surface area contributed by atoms with Gasteiger partial charge in [-0.05, 0) is 47.9 Å². The molecular weight excluding hydrogens is 819 g/mol. The van der Waals surface area contributed by atoms with Crippen molar-refractivity contribution in [2.24, 2.45) is 16.7 Å². The number of ether oxygens (including phenoxy) is 5. The minimum absolute atomic E-state index is 0.0318. The van der Waals surface area contributed by atoms with Crippen LogP contribution in [0.15, 0.2) is 102 Å². The van der Waals surface area contributed by atoms with Crippen LogP contribution in [0.1, 0.15) is 79.8 Å². The molecule has 3 aromatic carbocycles. The first-order valence-electron chi connectivity index (χ1n) is 20.6. The van der Waals surface area contributed by atoms with E-state index >= 15 is 4.79 Å². The zero-order chi connectivity index (χ0) is 45.6. The van der Waals surface area contributed by atoms with Gasteiger partial charge in [-0.2, -0.15) is 0 Å². The molecule has 0 unspecified atom stereocenters. The molecule has 3 aromatic rings. The first kappa shape index (κ1) is 45.3. The van der Waals surface area contributed by atoms with Crippen LogP contribution < -0.4 is 5.32 Å². The van der Waals surface area contributed by atoms with E-state index in [9.17, 15) is 44.4 Å². The van der Waals surface area contributed by atoms with E-state index in [1.54, 1.807) is 66.7 Å². The Kier molecular flexibility index (Phi) is 12.3. The lowest BCUT2D eigenvalue weighted by Crippen LogP contribution is -2.82. The first-order chi connectivity index (χ1) is 29.8. The lowest BCUT2D eigenvalue weighted by atomic mass is 9.44. The monoisotopic (exact) mass is 869 g/mol. The number of hydrogen-bond donors (Lipinski definition) is 5. The normalized spacial score (nSPS) is 31.5. The Balaban J connectivity index is 1.41. The second-order valence-corrected chi connectivity index (χ2v) is 17.4. The van der Waals surface area contributed by atoms with E-state index in [0.717, 1.165) is 13.8 Å². The smallest absolute Gasteiger partial charge is 0.338 e. The molecule has 1 saturated heterocycles. The van der Waals surface area contributed by atoms with Crippen LogP contribution in [0.2, 0.25) is 0 Å². The van der Waals surface area contributed by atoms with Crippen molar-refractivity contribution in [2.45, 2.75) is 101 Å². The summed E-state index contributed by atoms with van der Waals surface area (Å²) in [6, 6.07) is 22.5. The highest BCUT2D eigenvalue weighted by atomic mass is 16.6. The number of nitrogens with one attached hydrogen (secondary N) is 1. The van der Waals surface area contributed by atoms with Gasteiger partial charge in [0.05, 0.1) is 42.3 Å². The van der Waals surface area contributed by atoms with Gasteiger partial charge in [0.1, 0.15) is 23.9 Å². The molecule has 11 atom stereocenters. The Morgan fingerprint density at radius 2 is 1.43 bits per heavy atom. The van der Waals surface area contributed by atoms with Crippen molar-refractivity contribution in [3.05, 3.63) is 119 Å². The molecule has 1 aliphatic heterocycles. The molecule has 1 heterocycles. The van der Waals surface area contributed by atoms with Gasteiger partial charge in [0, 0.05) is 37.7 Å². The topological polar surface area (TPSA) is 242 Å². The predicted molar refractivity (Wildman–Crippen MR) is 219 cm³/mol. The molecule has 3 fully saturated rings. The predicted octanol–water partition coefficient (Wildman–Crippen LogP) is 2.71. The summed E-state index contributed by atoms with van der Waals surface area (Å²) in [5.74, 6) is -7.29. The van der Waals surface area contributed by atoms with Crippen molar-refractivity contribution < 1.29 is 72.9 Å². The molecule has 2 bridgehead atoms. The number of benzene rings is 3. The molecule has 0 spiro atoms. The highest BCUT2D eigenvalue weighted by molar-refractivity contribution is 5.96. The van der Waals surface area contributed by atoms with Crippen LogP contribution >= 0.6 is 0 Å². The van der Waals surface area contributed by atoms with Crippen LogP contribution in [0.5, 0.6) is 0 Å². The van der Waals surface area contributed by atoms with E-state index in [2.05, 4.69) is 5.32 Å². The number of Topliss-reactive ketones (excluding diaryl/α,β-unsaturated/α-hetero) is 1. The van der Waals surface area contributed by atoms with Gasteiger partial charge in [-0.15, -0.1) is 0 Å². The highest BCUT2D eigenvalue weighted by Gasteiger charge is 2.78. The van der Waals surface area contributed by atoms with Gasteiger partial charge >= 0.3 is 23.9 Å². The minimum Gasteiger partial charge on any atom is -0.456 e. The Morgan fingerprint density at radius 1 is 0.841 bits per heavy atom. The third kappa shape index (κ3) is 7.63. The molecular formula is C47H51NO15. The van der Waals surface area contributed by atoms with Crippen molar-refractivity contribution in [3.63, 3.8) is 0 Å². The Morgan fingerprint density at radius 3 is 1.97 bits per heavy atom. The summed E-state index contributed by atoms with van der Waals surface area (Å²) in [5.41, 5.74) is -8.11. The van der Waals surface area contributed by atoms with Crippen LogP contribution in [-0.4, -0.2) is 117 Å². The molecule has 63 heavy (non-hydrogen) atoms. The summed E-state index contributed by atoms with van der Waals surface area (Å²) in [6.07, 6.45) is -11.4. The number of carbonyl (C=O) groups excluding carboxylic acids is 6. The largest absolute Gasteiger partial charge is 0.456 e. The van der Waals surface area contributed by atoms with E-state index in [1.165, 1.54) is 45.0 Å². The quantitative estimate of drug-likeness (QED) is 0.106. The maximum Gasteiger partial charge on any atom is 0.338 e. The van der Waals surface area contributed by atoms with Gasteiger partial charge in [-0.25, -0.2) is 9.59 Å². The van der Waals surface area contributed by atoms with Crippen molar-refractivity contribution in [1.29, 1.82) is 0 Å². The fraction of sp³-hybridized carbons (Fsp3) is 0.447. The number of aliphatic hydroxyl groups is 4. The number of carbonyl (C=O) groups is 6. The fourth-order valence-electron chi connectivity index (χ4n) is 10.2. The van der Waals surface area contributed by atoms with E-state index in [4.69, 9.17) is 23.7 Å². The number of esters is 4. The summed E-state index contributed by atoms with van der Waals surface area (Å²) in [7, 11) is 0. The second kappa shape index (κ2) is 17.1. The van der Waals surface area contributed by atoms with Crippen LogP contribution in [0, 0.1) is 16.7 Å². The third-order valence-corrected chi connectivity index (χ3v) is 13.5. The Labute approximate surface area is 363 Å². The molecule has 334 valence electrons. The Bertz CT molecular complexity index is 2300. The number of aliphatic hydroxyl groups excluding tert-OH is 3. The van der Waals surface area contributed by atoms with Gasteiger partial charge in [-0.1, -0.05) is 80.6 Å². The molecule has 4 aliphatic rings. The summed E-state index contributed by atoms with van der Waals surface area (Å²) >= 11 is 0. The average Bonchev–Trinajstić information content (AvgIpc) is 3.25. The summed E-state index contributed by atoms with van der Waals surface area (Å²) < 4.78 is 30.1. The number of hydrogen-bond acceptors (Lipinski definition) is 15. The lowest BCUT2D eigenvalue weighted by molar-refractivity contribution is -0.346. The van der Waals surface area contributed by atoms with Gasteiger partial charge in [-0.3, -0.25) is 19.2 Å². The van der Waals surface area contributed by atoms with E-state index < -0.39 is 119 Å². The maximum absolute atomic E-state index is 15.5. The van der Waals surface area contributed by atoms with Gasteiger partial charge < -0.3 is 49.4 Å². The molecule has 5 N–H and O–H groups in total. The van der Waals surface area contributed by atoms with Crippen LogP contribution in [-0.2, 0) is 42.9 Å². The number of amides is 1. The maximum atomic E-state index is 15.5. The lowest BCUT2D eigenvalue weighted by Gasteiger charge is -2.67. The molecule has 3 aliphatic carbocycles. The fourth-order valence-corrected chi connectivity index (χ4v) is 10.2. The van der Waals surface area contributed by atoms with E-state index in [1.807, 2.05) is 0 Å². The van der Waals surface area contributed by atoms with Crippen molar-refractivity contribution in [3.8, 4) is 0 Å². The van der Waals surface area contributed by atoms with Gasteiger partial charge in [0.2, 0.25) is 0 Å². The second-order valence-electron chi connectivity index (χ2n) is 17.4. The van der Waals surface area contributed by atoms with Crippen molar-refractivity contribution in [1.82, 2.24) is 5.32 Å². The number of fused-ring (bicyclic) bond motifs is 5. The van der Waals surface area contributed by atoms with E-state index in [0.29, 0.717) is 5.56 Å². The molecule has 1 amide bonds. The molecule has 0 aromatic heterocycles. The first-order valence-corrected chi connectivity index (χ1v) is 20.6. The average molecular weight is 870 g/mol. The van der Waals surface area contributed by atoms with Crippen LogP contribution in [0.4, 0.5) is 0 Å². The Hall–Kier alpha value is -5.78. The standard InChI is InChI=1S/C47H51NO15/c1-25(50)60-37-34-30(23-49)31(61-43(57)36(53)35(27-15-9-6-10-16-27)48-41(55)28-17-11-7-12-18-28)22-47(58,44(34,3)4)40(62-42(56)29-19-13-8-14-20-29)38-45(5,39(37)54)32(52)21-33-46(38,24-59-33)63-26(2)51/h6-20,31-33,35-38,40,49,52-53,58H,21-24H2,1-5H3,(H,48,55)/t31-,32-,33+,35-,36+,37+,38-,40-,45+,46-,47+/m0/s1. The van der Waals surface area contributed by atoms with Crippen LogP contribution in [0.25, 0.3) is 0 Å². The third-order valence-electron chi connectivity index (χ3n) is 13.5. The van der Waals surface area contributed by atoms with Crippen molar-refractivity contribution in [2.75, 3.05) is 13.2 Å². The number of ketones is 1. The SMILES string of the molecule is CC(=O)O[C@H]1C(=O)[C@@]2(C)[C@H]([C@H](OC(=O)c3ccccc3)[C@]3(O)C[C@H](OC(=O)[C@H](O)[C@@H](NC(=O)c4ccccc4)c4ccccc4)C(CO)=C1C3(C)C)[C@]1(OC(C)=O)CO[C@@H]1C[C@@H]2O. The summed E-state index contributed by atoms with van der Waals surface area (Å²) in [5, 5.41) is 51.4. The molecule has 7 rings (SSSR count).